The molecule has 1 N–H and O–H groups in total. The lowest BCUT2D eigenvalue weighted by atomic mass is 9.62. The summed E-state index contributed by atoms with van der Waals surface area (Å²) >= 11 is 5.82. The Hall–Kier alpha value is -1.88. The van der Waals surface area contributed by atoms with Gasteiger partial charge in [0, 0.05) is 29.6 Å². The Morgan fingerprint density at radius 2 is 1.88 bits per heavy atom. The number of piperidine rings is 1. The molecule has 134 valence electrons. The van der Waals surface area contributed by atoms with Gasteiger partial charge >= 0.3 is 0 Å². The fourth-order valence-electron chi connectivity index (χ4n) is 4.08. The van der Waals surface area contributed by atoms with Crippen LogP contribution in [0.2, 0.25) is 5.02 Å². The third kappa shape index (κ3) is 2.84. The number of carbonyl (C=O) groups is 3. The molecule has 2 fully saturated rings. The van der Waals surface area contributed by atoms with Crippen molar-refractivity contribution in [1.82, 2.24) is 4.90 Å². The second-order valence-electron chi connectivity index (χ2n) is 7.75. The highest BCUT2D eigenvalue weighted by molar-refractivity contribution is 6.30. The summed E-state index contributed by atoms with van der Waals surface area (Å²) in [5.74, 6) is -0.653. The molecular formula is C19H23ClN2O3. The molecule has 1 aromatic carbocycles. The van der Waals surface area contributed by atoms with Crippen molar-refractivity contribution in [2.45, 2.75) is 40.0 Å². The first kappa shape index (κ1) is 17.9. The predicted octanol–water partition coefficient (Wildman–Crippen LogP) is 3.48. The standard InChI is InChI=1S/C19H23ClN2O3/c1-18(2)14-8-10-19(18,3)17(25)22(16(14)24)11-9-15(23)21-13-6-4-12(20)5-7-13/h4-7,14H,8-11H2,1-3H3,(H,21,23). The minimum absolute atomic E-state index is 0.0866. The molecule has 2 unspecified atom stereocenters. The van der Waals surface area contributed by atoms with Crippen LogP contribution in [0, 0.1) is 16.7 Å². The van der Waals surface area contributed by atoms with Gasteiger partial charge in [0.2, 0.25) is 17.7 Å². The highest BCUT2D eigenvalue weighted by atomic mass is 35.5. The van der Waals surface area contributed by atoms with Gasteiger partial charge in [-0.3, -0.25) is 19.3 Å². The van der Waals surface area contributed by atoms with E-state index in [1.807, 2.05) is 20.8 Å². The molecule has 1 saturated carbocycles. The Balaban J connectivity index is 1.65. The van der Waals surface area contributed by atoms with Crippen LogP contribution >= 0.6 is 11.6 Å². The molecule has 0 radical (unpaired) electrons. The van der Waals surface area contributed by atoms with Crippen LogP contribution in [0.15, 0.2) is 24.3 Å². The van der Waals surface area contributed by atoms with E-state index in [0.29, 0.717) is 10.7 Å². The summed E-state index contributed by atoms with van der Waals surface area (Å²) in [7, 11) is 0. The Labute approximate surface area is 152 Å². The van der Waals surface area contributed by atoms with Crippen LogP contribution in [0.4, 0.5) is 5.69 Å². The minimum atomic E-state index is -0.530. The topological polar surface area (TPSA) is 66.5 Å². The molecule has 2 aliphatic rings. The van der Waals surface area contributed by atoms with Crippen molar-refractivity contribution >= 4 is 35.0 Å². The first-order valence-corrected chi connectivity index (χ1v) is 8.96. The lowest BCUT2D eigenvalue weighted by Gasteiger charge is -2.47. The summed E-state index contributed by atoms with van der Waals surface area (Å²) in [6, 6.07) is 6.80. The average molecular weight is 363 g/mol. The van der Waals surface area contributed by atoms with Gasteiger partial charge in [-0.15, -0.1) is 0 Å². The van der Waals surface area contributed by atoms with Crippen molar-refractivity contribution in [2.75, 3.05) is 11.9 Å². The van der Waals surface area contributed by atoms with Crippen molar-refractivity contribution in [2.24, 2.45) is 16.7 Å². The average Bonchev–Trinajstić information content (AvgIpc) is 2.74. The number of rotatable bonds is 4. The number of imide groups is 1. The zero-order chi connectivity index (χ0) is 18.4. The van der Waals surface area contributed by atoms with Gasteiger partial charge in [0.05, 0.1) is 5.41 Å². The number of hydrogen-bond donors (Lipinski definition) is 1. The van der Waals surface area contributed by atoms with Crippen molar-refractivity contribution in [1.29, 1.82) is 0 Å². The van der Waals surface area contributed by atoms with Gasteiger partial charge in [0.15, 0.2) is 0 Å². The molecule has 25 heavy (non-hydrogen) atoms. The molecule has 1 heterocycles. The number of hydrogen-bond acceptors (Lipinski definition) is 3. The number of likely N-dealkylation sites (tertiary alicyclic amines) is 1. The molecule has 0 spiro atoms. The zero-order valence-electron chi connectivity index (χ0n) is 14.8. The SMILES string of the molecule is CC12CCC(C(=O)N(CCC(=O)Nc3ccc(Cl)cc3)C1=O)C2(C)C. The maximum absolute atomic E-state index is 12.9. The van der Waals surface area contributed by atoms with Crippen LogP contribution in [-0.4, -0.2) is 29.2 Å². The molecule has 3 amide bonds. The predicted molar refractivity (Wildman–Crippen MR) is 96.0 cm³/mol. The monoisotopic (exact) mass is 362 g/mol. The van der Waals surface area contributed by atoms with E-state index in [1.54, 1.807) is 24.3 Å². The Kier molecular flexibility index (Phi) is 4.40. The zero-order valence-corrected chi connectivity index (χ0v) is 15.5. The van der Waals surface area contributed by atoms with E-state index in [4.69, 9.17) is 11.6 Å². The molecule has 0 aromatic heterocycles. The van der Waals surface area contributed by atoms with Gasteiger partial charge in [-0.25, -0.2) is 0 Å². The fourth-order valence-corrected chi connectivity index (χ4v) is 4.21. The number of benzene rings is 1. The molecule has 1 aliphatic heterocycles. The summed E-state index contributed by atoms with van der Waals surface area (Å²) in [5.41, 5.74) is -0.222. The number of fused-ring (bicyclic) bond motifs is 2. The Bertz CT molecular complexity index is 729. The van der Waals surface area contributed by atoms with E-state index in [0.717, 1.165) is 12.8 Å². The van der Waals surface area contributed by atoms with Crippen molar-refractivity contribution in [3.05, 3.63) is 29.3 Å². The van der Waals surface area contributed by atoms with Gasteiger partial charge in [0.1, 0.15) is 0 Å². The molecule has 1 aromatic rings. The van der Waals surface area contributed by atoms with Crippen LogP contribution in [0.3, 0.4) is 0 Å². The number of nitrogens with one attached hydrogen (secondary N) is 1. The molecule has 1 saturated heterocycles. The van der Waals surface area contributed by atoms with Gasteiger partial charge in [-0.2, -0.15) is 0 Å². The number of carbonyl (C=O) groups excluding carboxylic acids is 3. The molecule has 1 aliphatic carbocycles. The third-order valence-electron chi connectivity index (χ3n) is 6.20. The van der Waals surface area contributed by atoms with Crippen LogP contribution in [0.25, 0.3) is 0 Å². The van der Waals surface area contributed by atoms with Crippen LogP contribution in [-0.2, 0) is 14.4 Å². The minimum Gasteiger partial charge on any atom is -0.326 e. The second-order valence-corrected chi connectivity index (χ2v) is 8.18. The second kappa shape index (κ2) is 6.13. The maximum atomic E-state index is 12.9. The first-order chi connectivity index (χ1) is 11.7. The quantitative estimate of drug-likeness (QED) is 0.834. The Morgan fingerprint density at radius 3 is 2.52 bits per heavy atom. The summed E-state index contributed by atoms with van der Waals surface area (Å²) in [6.45, 7) is 6.08. The van der Waals surface area contributed by atoms with Crippen molar-refractivity contribution in [3.63, 3.8) is 0 Å². The Morgan fingerprint density at radius 1 is 1.24 bits per heavy atom. The summed E-state index contributed by atoms with van der Waals surface area (Å²) in [6.07, 6.45) is 1.55. The summed E-state index contributed by atoms with van der Waals surface area (Å²) in [4.78, 5) is 39.1. The van der Waals surface area contributed by atoms with E-state index >= 15 is 0 Å². The fraction of sp³-hybridized carbons (Fsp3) is 0.526. The number of amides is 3. The number of anilines is 1. The van der Waals surface area contributed by atoms with Crippen molar-refractivity contribution in [3.8, 4) is 0 Å². The largest absolute Gasteiger partial charge is 0.326 e. The van der Waals surface area contributed by atoms with Crippen LogP contribution < -0.4 is 5.32 Å². The summed E-state index contributed by atoms with van der Waals surface area (Å²) < 4.78 is 0. The lowest BCUT2D eigenvalue weighted by Crippen LogP contribution is -2.59. The van der Waals surface area contributed by atoms with E-state index in [1.165, 1.54) is 4.90 Å². The van der Waals surface area contributed by atoms with Gasteiger partial charge in [0.25, 0.3) is 0 Å². The molecular weight excluding hydrogens is 340 g/mol. The maximum Gasteiger partial charge on any atom is 0.235 e. The molecule has 2 atom stereocenters. The lowest BCUT2D eigenvalue weighted by molar-refractivity contribution is -0.167. The van der Waals surface area contributed by atoms with Gasteiger partial charge in [-0.05, 0) is 42.5 Å². The highest BCUT2D eigenvalue weighted by Gasteiger charge is 2.64. The van der Waals surface area contributed by atoms with E-state index in [2.05, 4.69) is 5.32 Å². The molecule has 6 heteroatoms. The highest BCUT2D eigenvalue weighted by Crippen LogP contribution is 2.59. The normalized spacial score (nSPS) is 27.5. The van der Waals surface area contributed by atoms with Gasteiger partial charge in [-0.1, -0.05) is 32.4 Å². The molecule has 2 bridgehead atoms. The first-order valence-electron chi connectivity index (χ1n) is 8.58. The van der Waals surface area contributed by atoms with E-state index < -0.39 is 5.41 Å². The van der Waals surface area contributed by atoms with Crippen LogP contribution in [0.5, 0.6) is 0 Å². The van der Waals surface area contributed by atoms with E-state index in [-0.39, 0.29) is 42.0 Å². The third-order valence-corrected chi connectivity index (χ3v) is 6.45. The van der Waals surface area contributed by atoms with Crippen molar-refractivity contribution < 1.29 is 14.4 Å². The number of nitrogens with zero attached hydrogens (tertiary/aromatic N) is 1. The van der Waals surface area contributed by atoms with Crippen LogP contribution in [0.1, 0.15) is 40.0 Å². The molecule has 5 nitrogen and oxygen atoms in total. The number of halogens is 1. The molecule has 3 rings (SSSR count). The summed E-state index contributed by atoms with van der Waals surface area (Å²) in [5, 5.41) is 3.35. The smallest absolute Gasteiger partial charge is 0.235 e. The van der Waals surface area contributed by atoms with E-state index in [9.17, 15) is 14.4 Å². The van der Waals surface area contributed by atoms with Gasteiger partial charge < -0.3 is 5.32 Å².